The van der Waals surface area contributed by atoms with Crippen molar-refractivity contribution in [1.29, 1.82) is 0 Å². The predicted molar refractivity (Wildman–Crippen MR) is 108 cm³/mol. The minimum Gasteiger partial charge on any atom is -0.497 e. The fraction of sp³-hybridized carbons (Fsp3) is 0.158. The van der Waals surface area contributed by atoms with Crippen molar-refractivity contribution in [3.05, 3.63) is 48.2 Å². The molecule has 2 aromatic heterocycles. The number of carbonyl (C=O) groups excluding carboxylic acids is 1. The molecule has 0 unspecified atom stereocenters. The largest absolute Gasteiger partial charge is 0.497 e. The van der Waals surface area contributed by atoms with Crippen molar-refractivity contribution in [2.45, 2.75) is 11.3 Å². The van der Waals surface area contributed by atoms with Crippen LogP contribution in [0.15, 0.2) is 52.0 Å². The van der Waals surface area contributed by atoms with Crippen LogP contribution in [0.5, 0.6) is 5.75 Å². The summed E-state index contributed by atoms with van der Waals surface area (Å²) >= 11 is 1.23. The number of nitrogens with zero attached hydrogens (tertiary/aromatic N) is 1. The number of methoxy groups -OCH3 is 1. The van der Waals surface area contributed by atoms with Gasteiger partial charge in [0.2, 0.25) is 5.91 Å². The van der Waals surface area contributed by atoms with Gasteiger partial charge in [-0.2, -0.15) is 0 Å². The summed E-state index contributed by atoms with van der Waals surface area (Å²) in [6, 6.07) is 10.1. The van der Waals surface area contributed by atoms with Crippen molar-refractivity contribution < 1.29 is 22.4 Å². The van der Waals surface area contributed by atoms with Crippen molar-refractivity contribution in [2.75, 3.05) is 18.7 Å². The highest BCUT2D eigenvalue weighted by Gasteiger charge is 2.14. The summed E-state index contributed by atoms with van der Waals surface area (Å²) in [5.74, 6) is 0.446. The Morgan fingerprint density at radius 2 is 2.07 bits per heavy atom. The quantitative estimate of drug-likeness (QED) is 0.533. The van der Waals surface area contributed by atoms with Gasteiger partial charge in [0.05, 0.1) is 34.9 Å². The lowest BCUT2D eigenvalue weighted by atomic mass is 10.1. The summed E-state index contributed by atoms with van der Waals surface area (Å²) < 4.78 is 34.7. The summed E-state index contributed by atoms with van der Waals surface area (Å²) in [6.07, 6.45) is 2.84. The number of hydrogen-bond donors (Lipinski definition) is 1. The van der Waals surface area contributed by atoms with Gasteiger partial charge in [-0.25, -0.2) is 13.4 Å². The van der Waals surface area contributed by atoms with E-state index in [9.17, 15) is 13.2 Å². The third kappa shape index (κ3) is 3.58. The Bertz CT molecular complexity index is 1300. The average molecular weight is 416 g/mol. The molecule has 1 amide bonds. The Balaban J connectivity index is 1.54. The van der Waals surface area contributed by atoms with Gasteiger partial charge in [-0.15, -0.1) is 0 Å². The Hall–Kier alpha value is -2.91. The molecular weight excluding hydrogens is 400 g/mol. The molecule has 4 rings (SSSR count). The van der Waals surface area contributed by atoms with Crippen LogP contribution >= 0.6 is 11.3 Å². The number of carbonyl (C=O) groups is 1. The van der Waals surface area contributed by atoms with Crippen molar-refractivity contribution in [2.24, 2.45) is 0 Å². The number of hydrogen-bond acceptors (Lipinski definition) is 7. The number of ether oxygens (including phenoxy) is 1. The van der Waals surface area contributed by atoms with Crippen molar-refractivity contribution in [1.82, 2.24) is 4.98 Å². The van der Waals surface area contributed by atoms with Gasteiger partial charge in [0.1, 0.15) is 11.3 Å². The molecule has 4 aromatic rings. The number of rotatable bonds is 5. The van der Waals surface area contributed by atoms with E-state index >= 15 is 0 Å². The van der Waals surface area contributed by atoms with Crippen molar-refractivity contribution >= 4 is 53.4 Å². The van der Waals surface area contributed by atoms with Crippen LogP contribution in [0.3, 0.4) is 0 Å². The monoisotopic (exact) mass is 416 g/mol. The number of furan rings is 1. The molecule has 144 valence electrons. The molecule has 0 aliphatic rings. The molecule has 28 heavy (non-hydrogen) atoms. The van der Waals surface area contributed by atoms with Gasteiger partial charge < -0.3 is 14.5 Å². The zero-order chi connectivity index (χ0) is 19.9. The van der Waals surface area contributed by atoms with Crippen LogP contribution in [0.1, 0.15) is 5.56 Å². The lowest BCUT2D eigenvalue weighted by Crippen LogP contribution is -2.13. The van der Waals surface area contributed by atoms with Crippen LogP contribution in [-0.4, -0.2) is 32.7 Å². The first-order chi connectivity index (χ1) is 13.3. The minimum absolute atomic E-state index is 0.129. The van der Waals surface area contributed by atoms with Gasteiger partial charge in [0.15, 0.2) is 15.0 Å². The van der Waals surface area contributed by atoms with E-state index in [0.717, 1.165) is 17.2 Å². The fourth-order valence-electron chi connectivity index (χ4n) is 2.85. The number of amides is 1. The van der Waals surface area contributed by atoms with E-state index in [-0.39, 0.29) is 17.2 Å². The lowest BCUT2D eigenvalue weighted by Gasteiger charge is -2.01. The van der Waals surface area contributed by atoms with Crippen molar-refractivity contribution in [3.8, 4) is 5.75 Å². The Kier molecular flexibility index (Phi) is 4.56. The summed E-state index contributed by atoms with van der Waals surface area (Å²) in [5.41, 5.74) is 2.04. The molecule has 0 bridgehead atoms. The average Bonchev–Trinajstić information content (AvgIpc) is 3.23. The van der Waals surface area contributed by atoms with E-state index in [2.05, 4.69) is 10.3 Å². The van der Waals surface area contributed by atoms with E-state index in [1.165, 1.54) is 17.4 Å². The third-order valence-electron chi connectivity index (χ3n) is 4.25. The molecule has 0 saturated carbocycles. The first kappa shape index (κ1) is 18.5. The molecule has 1 N–H and O–H groups in total. The van der Waals surface area contributed by atoms with Gasteiger partial charge in [-0.3, -0.25) is 4.79 Å². The summed E-state index contributed by atoms with van der Waals surface area (Å²) in [4.78, 5) is 17.0. The molecule has 9 heteroatoms. The summed E-state index contributed by atoms with van der Waals surface area (Å²) in [7, 11) is -1.72. The second kappa shape index (κ2) is 6.92. The molecule has 0 aliphatic carbocycles. The Morgan fingerprint density at radius 1 is 1.25 bits per heavy atom. The van der Waals surface area contributed by atoms with Crippen LogP contribution in [-0.2, 0) is 21.1 Å². The number of thiazole rings is 1. The normalized spacial score (nSPS) is 11.8. The molecule has 0 spiro atoms. The fourth-order valence-corrected chi connectivity index (χ4v) is 4.50. The Labute approximate surface area is 164 Å². The molecule has 2 aromatic carbocycles. The highest BCUT2D eigenvalue weighted by atomic mass is 32.2. The van der Waals surface area contributed by atoms with Crippen LogP contribution in [0.25, 0.3) is 21.2 Å². The molecule has 7 nitrogen and oxygen atoms in total. The van der Waals surface area contributed by atoms with Gasteiger partial charge >= 0.3 is 0 Å². The van der Waals surface area contributed by atoms with Crippen molar-refractivity contribution in [3.63, 3.8) is 0 Å². The minimum atomic E-state index is -3.30. The number of sulfone groups is 1. The van der Waals surface area contributed by atoms with E-state index in [1.54, 1.807) is 31.6 Å². The van der Waals surface area contributed by atoms with E-state index in [0.29, 0.717) is 26.7 Å². The Morgan fingerprint density at radius 3 is 2.82 bits per heavy atom. The van der Waals surface area contributed by atoms with E-state index in [4.69, 9.17) is 9.15 Å². The van der Waals surface area contributed by atoms with Crippen LogP contribution in [0.4, 0.5) is 5.13 Å². The number of aromatic nitrogens is 1. The van der Waals surface area contributed by atoms with Crippen LogP contribution in [0.2, 0.25) is 0 Å². The molecule has 2 heterocycles. The maximum atomic E-state index is 12.4. The number of benzene rings is 2. The number of anilines is 1. The maximum Gasteiger partial charge on any atom is 0.230 e. The topological polar surface area (TPSA) is 98.5 Å². The summed E-state index contributed by atoms with van der Waals surface area (Å²) in [6.45, 7) is 0. The van der Waals surface area contributed by atoms with Gasteiger partial charge in [0.25, 0.3) is 0 Å². The smallest absolute Gasteiger partial charge is 0.230 e. The van der Waals surface area contributed by atoms with Gasteiger partial charge in [0, 0.05) is 23.3 Å². The second-order valence-electron chi connectivity index (χ2n) is 6.27. The first-order valence-corrected chi connectivity index (χ1v) is 11.0. The predicted octanol–water partition coefficient (Wildman–Crippen LogP) is 3.64. The van der Waals surface area contributed by atoms with Crippen LogP contribution < -0.4 is 10.1 Å². The highest BCUT2D eigenvalue weighted by Crippen LogP contribution is 2.29. The van der Waals surface area contributed by atoms with Gasteiger partial charge in [-0.05, 0) is 30.3 Å². The second-order valence-corrected chi connectivity index (χ2v) is 9.32. The zero-order valence-electron chi connectivity index (χ0n) is 15.1. The molecular formula is C19H16N2O5S2. The molecule has 0 aliphatic heterocycles. The first-order valence-electron chi connectivity index (χ1n) is 8.28. The molecule has 0 atom stereocenters. The third-order valence-corrected chi connectivity index (χ3v) is 6.29. The maximum absolute atomic E-state index is 12.4. The summed E-state index contributed by atoms with van der Waals surface area (Å²) in [5, 5.41) is 4.03. The number of fused-ring (bicyclic) bond motifs is 2. The zero-order valence-corrected chi connectivity index (χ0v) is 16.7. The number of nitrogens with one attached hydrogen (secondary N) is 1. The van der Waals surface area contributed by atoms with E-state index in [1.807, 2.05) is 12.1 Å². The molecule has 0 saturated heterocycles. The van der Waals surface area contributed by atoms with E-state index < -0.39 is 9.84 Å². The lowest BCUT2D eigenvalue weighted by molar-refractivity contribution is -0.115. The van der Waals surface area contributed by atoms with Crippen LogP contribution in [0, 0.1) is 0 Å². The molecule has 0 radical (unpaired) electrons. The standard InChI is InChI=1S/C19H16N2O5S2/c1-25-12-3-5-14-11(10-26-16(14)8-12)7-18(22)21-19-20-15-6-4-13(28(2,23)24)9-17(15)27-19/h3-6,8-10H,7H2,1-2H3,(H,20,21,22). The SMILES string of the molecule is COc1ccc2c(CC(=O)Nc3nc4ccc(S(C)(=O)=O)cc4s3)coc2c1. The highest BCUT2D eigenvalue weighted by molar-refractivity contribution is 7.90. The van der Waals surface area contributed by atoms with Gasteiger partial charge in [-0.1, -0.05) is 11.3 Å². The molecule has 0 fully saturated rings.